The lowest BCUT2D eigenvalue weighted by atomic mass is 9.92. The summed E-state index contributed by atoms with van der Waals surface area (Å²) in [5, 5.41) is 19.5. The molecule has 0 fully saturated rings. The molecule has 0 bridgehead atoms. The quantitative estimate of drug-likeness (QED) is 0.275. The van der Waals surface area contributed by atoms with Crippen molar-refractivity contribution in [3.8, 4) is 0 Å². The maximum absolute atomic E-state index is 12.8. The average Bonchev–Trinajstić information content (AvgIpc) is 2.97. The van der Waals surface area contributed by atoms with Crippen LogP contribution in [-0.4, -0.2) is 39.5 Å². The number of hydrogen-bond donors (Lipinski definition) is 4. The van der Waals surface area contributed by atoms with Crippen LogP contribution in [0, 0.1) is 0 Å². The number of fused-ring (bicyclic) bond motifs is 2. The van der Waals surface area contributed by atoms with Gasteiger partial charge in [0.25, 0.3) is 5.91 Å². The van der Waals surface area contributed by atoms with Gasteiger partial charge in [0.1, 0.15) is 6.04 Å². The first-order chi connectivity index (χ1) is 19.1. The summed E-state index contributed by atoms with van der Waals surface area (Å²) in [6, 6.07) is 15.1. The largest absolute Gasteiger partial charge is 0.480 e. The molecular formula is C31H37N5O3. The molecule has 4 N–H and O–H groups in total. The monoisotopic (exact) mass is 527 g/mol. The molecule has 0 spiro atoms. The summed E-state index contributed by atoms with van der Waals surface area (Å²) in [5.41, 5.74) is 6.36. The van der Waals surface area contributed by atoms with Crippen LogP contribution < -0.4 is 16.0 Å². The van der Waals surface area contributed by atoms with Gasteiger partial charge in [0, 0.05) is 30.5 Å². The molecule has 204 valence electrons. The Morgan fingerprint density at radius 2 is 1.49 bits per heavy atom. The zero-order valence-electron chi connectivity index (χ0n) is 22.2. The zero-order valence-corrected chi connectivity index (χ0v) is 22.2. The number of nitrogens with zero attached hydrogens (tertiary/aromatic N) is 2. The molecule has 5 rings (SSSR count). The van der Waals surface area contributed by atoms with E-state index in [0.717, 1.165) is 55.5 Å². The molecule has 1 aromatic carbocycles. The number of aliphatic carboxylic acids is 1. The van der Waals surface area contributed by atoms with Crippen molar-refractivity contribution >= 4 is 11.9 Å². The summed E-state index contributed by atoms with van der Waals surface area (Å²) in [7, 11) is 0. The van der Waals surface area contributed by atoms with E-state index in [1.165, 1.54) is 11.1 Å². The number of carboxylic acid groups (broad SMARTS) is 1. The minimum Gasteiger partial charge on any atom is -0.480 e. The summed E-state index contributed by atoms with van der Waals surface area (Å²) < 4.78 is 0. The van der Waals surface area contributed by atoms with Crippen LogP contribution in [-0.2, 0) is 24.2 Å². The Labute approximate surface area is 229 Å². The molecule has 8 heteroatoms. The van der Waals surface area contributed by atoms with Crippen molar-refractivity contribution in [2.24, 2.45) is 0 Å². The zero-order chi connectivity index (χ0) is 27.0. The highest BCUT2D eigenvalue weighted by atomic mass is 16.4. The minimum absolute atomic E-state index is 0.199. The summed E-state index contributed by atoms with van der Waals surface area (Å²) in [6.07, 6.45) is 11.1. The lowest BCUT2D eigenvalue weighted by Gasteiger charge is -2.25. The number of hydrogen-bond acceptors (Lipinski definition) is 6. The fourth-order valence-corrected chi connectivity index (χ4v) is 5.71. The molecule has 0 aliphatic heterocycles. The van der Waals surface area contributed by atoms with E-state index in [9.17, 15) is 14.7 Å². The topological polar surface area (TPSA) is 116 Å². The van der Waals surface area contributed by atoms with Crippen LogP contribution >= 0.6 is 0 Å². The third kappa shape index (κ3) is 6.88. The van der Waals surface area contributed by atoms with Gasteiger partial charge in [0.05, 0.1) is 17.4 Å². The number of rotatable bonds is 11. The Hall–Kier alpha value is -3.62. The Bertz CT molecular complexity index is 1280. The van der Waals surface area contributed by atoms with Crippen molar-refractivity contribution in [1.82, 2.24) is 25.9 Å². The summed E-state index contributed by atoms with van der Waals surface area (Å²) in [5.74, 6) is -1.39. The van der Waals surface area contributed by atoms with Crippen molar-refractivity contribution in [1.29, 1.82) is 0 Å². The van der Waals surface area contributed by atoms with E-state index < -0.39 is 12.0 Å². The number of aryl methyl sites for hydroxylation is 2. The highest BCUT2D eigenvalue weighted by Gasteiger charge is 2.23. The Morgan fingerprint density at radius 1 is 0.872 bits per heavy atom. The van der Waals surface area contributed by atoms with Crippen LogP contribution in [0.15, 0.2) is 60.9 Å². The molecule has 2 aliphatic rings. The highest BCUT2D eigenvalue weighted by Crippen LogP contribution is 2.28. The molecule has 0 radical (unpaired) electrons. The van der Waals surface area contributed by atoms with Crippen LogP contribution in [0.5, 0.6) is 0 Å². The lowest BCUT2D eigenvalue weighted by Crippen LogP contribution is -2.41. The second kappa shape index (κ2) is 13.0. The molecule has 0 saturated heterocycles. The standard InChI is InChI=1S/C31H37N5O3/c37-30(24-15-13-21(14-16-24)20-35-26-11-2-7-23-9-4-19-34-29(23)26)36-27(31(38)39)12-5-17-32-25-10-1-6-22-8-3-18-33-28(22)25/h3-4,8-9,13-16,18-19,25-27,32,35H,1-2,5-7,10-12,17,20H2,(H,36,37)(H,38,39)/t25?,26?,27-/m0/s1. The van der Waals surface area contributed by atoms with Crippen molar-refractivity contribution in [2.45, 2.75) is 76.0 Å². The Morgan fingerprint density at radius 3 is 2.10 bits per heavy atom. The van der Waals surface area contributed by atoms with Gasteiger partial charge in [-0.05, 0) is 98.9 Å². The molecule has 2 aliphatic carbocycles. The molecule has 0 saturated carbocycles. The van der Waals surface area contributed by atoms with E-state index in [1.807, 2.05) is 36.7 Å². The van der Waals surface area contributed by atoms with Gasteiger partial charge in [-0.3, -0.25) is 14.8 Å². The number of aromatic nitrogens is 2. The first-order valence-electron chi connectivity index (χ1n) is 14.1. The lowest BCUT2D eigenvalue weighted by molar-refractivity contribution is -0.139. The SMILES string of the molecule is O=C(N[C@@H](CCCNC1CCCc2cccnc21)C(=O)O)c1ccc(CNC2CCCc3cccnc32)cc1. The molecule has 8 nitrogen and oxygen atoms in total. The second-order valence-corrected chi connectivity index (χ2v) is 10.5. The number of carboxylic acids is 1. The van der Waals surface area contributed by atoms with Gasteiger partial charge in [0.15, 0.2) is 0 Å². The normalized spacial score (nSPS) is 19.0. The number of carbonyl (C=O) groups is 2. The number of carbonyl (C=O) groups excluding carboxylic acids is 1. The van der Waals surface area contributed by atoms with E-state index in [4.69, 9.17) is 0 Å². The van der Waals surface area contributed by atoms with Gasteiger partial charge in [-0.1, -0.05) is 24.3 Å². The van der Waals surface area contributed by atoms with E-state index >= 15 is 0 Å². The smallest absolute Gasteiger partial charge is 0.326 e. The number of nitrogens with one attached hydrogen (secondary N) is 3. The molecule has 3 aromatic rings. The highest BCUT2D eigenvalue weighted by molar-refractivity contribution is 5.96. The summed E-state index contributed by atoms with van der Waals surface area (Å²) in [4.78, 5) is 33.8. The van der Waals surface area contributed by atoms with Gasteiger partial charge in [-0.25, -0.2) is 4.79 Å². The van der Waals surface area contributed by atoms with Crippen LogP contribution in [0.4, 0.5) is 0 Å². The predicted octanol–water partition coefficient (Wildman–Crippen LogP) is 4.27. The second-order valence-electron chi connectivity index (χ2n) is 10.5. The van der Waals surface area contributed by atoms with Gasteiger partial charge in [-0.15, -0.1) is 0 Å². The van der Waals surface area contributed by atoms with E-state index in [-0.39, 0.29) is 18.0 Å². The molecule has 1 amide bonds. The number of pyridine rings is 2. The Balaban J connectivity index is 1.08. The maximum atomic E-state index is 12.8. The molecular weight excluding hydrogens is 490 g/mol. The predicted molar refractivity (Wildman–Crippen MR) is 149 cm³/mol. The van der Waals surface area contributed by atoms with Crippen molar-refractivity contribution in [3.05, 3.63) is 94.6 Å². The van der Waals surface area contributed by atoms with Crippen molar-refractivity contribution < 1.29 is 14.7 Å². The van der Waals surface area contributed by atoms with Gasteiger partial charge in [-0.2, -0.15) is 0 Å². The van der Waals surface area contributed by atoms with Crippen LogP contribution in [0.3, 0.4) is 0 Å². The van der Waals surface area contributed by atoms with E-state index in [1.54, 1.807) is 12.1 Å². The minimum atomic E-state index is -1.02. The molecule has 2 unspecified atom stereocenters. The first-order valence-corrected chi connectivity index (χ1v) is 14.1. The third-order valence-electron chi connectivity index (χ3n) is 7.82. The van der Waals surface area contributed by atoms with E-state index in [0.29, 0.717) is 31.5 Å². The molecule has 39 heavy (non-hydrogen) atoms. The third-order valence-corrected chi connectivity index (χ3v) is 7.82. The number of benzene rings is 1. The summed E-state index contributed by atoms with van der Waals surface area (Å²) >= 11 is 0. The van der Waals surface area contributed by atoms with Gasteiger partial charge < -0.3 is 21.1 Å². The van der Waals surface area contributed by atoms with Crippen LogP contribution in [0.25, 0.3) is 0 Å². The summed E-state index contributed by atoms with van der Waals surface area (Å²) in [6.45, 7) is 1.34. The van der Waals surface area contributed by atoms with Gasteiger partial charge >= 0.3 is 5.97 Å². The molecule has 3 atom stereocenters. The fraction of sp³-hybridized carbons (Fsp3) is 0.419. The number of amides is 1. The van der Waals surface area contributed by atoms with E-state index in [2.05, 4.69) is 38.1 Å². The van der Waals surface area contributed by atoms with Gasteiger partial charge in [0.2, 0.25) is 0 Å². The van der Waals surface area contributed by atoms with Crippen LogP contribution in [0.1, 0.15) is 89.0 Å². The fourth-order valence-electron chi connectivity index (χ4n) is 5.71. The van der Waals surface area contributed by atoms with Crippen molar-refractivity contribution in [2.75, 3.05) is 6.54 Å². The van der Waals surface area contributed by atoms with Crippen LogP contribution in [0.2, 0.25) is 0 Å². The average molecular weight is 528 g/mol. The maximum Gasteiger partial charge on any atom is 0.326 e. The molecule has 2 aromatic heterocycles. The first kappa shape index (κ1) is 27.0. The Kier molecular flexibility index (Phi) is 8.96. The molecule has 2 heterocycles. The van der Waals surface area contributed by atoms with Crippen molar-refractivity contribution in [3.63, 3.8) is 0 Å².